The number of hydrogen-bond donors (Lipinski definition) is 3. The topological polar surface area (TPSA) is 110 Å². The molecule has 3 saturated heterocycles. The maximum Gasteiger partial charge on any atom is 0.352 e. The van der Waals surface area contributed by atoms with Crippen LogP contribution in [0.3, 0.4) is 0 Å². The lowest BCUT2D eigenvalue weighted by molar-refractivity contribution is -0.136. The molecular weight excluding hydrogens is 474 g/mol. The number of benzene rings is 1. The Bertz CT molecular complexity index is 976. The van der Waals surface area contributed by atoms with Crippen molar-refractivity contribution in [1.82, 2.24) is 15.1 Å². The summed E-state index contributed by atoms with van der Waals surface area (Å²) in [4.78, 5) is 40.9. The third-order valence-corrected chi connectivity index (χ3v) is 8.49. The van der Waals surface area contributed by atoms with Crippen molar-refractivity contribution in [3.05, 3.63) is 52.2 Å². The van der Waals surface area contributed by atoms with Crippen LogP contribution in [0.1, 0.15) is 12.8 Å². The molecule has 5 rings (SSSR count). The van der Waals surface area contributed by atoms with Crippen molar-refractivity contribution in [2.24, 2.45) is 5.92 Å². The van der Waals surface area contributed by atoms with Crippen LogP contribution in [-0.2, 0) is 14.4 Å². The SMILES string of the molecule is O=C(O)/C=C(\C(=O)O)N1C=C(C(=O)N[C@H]2CN3CCC2CC3)SC1Sc1ccc(Cl)cc1. The summed E-state index contributed by atoms with van der Waals surface area (Å²) in [5, 5.41) is 22.4. The smallest absolute Gasteiger partial charge is 0.352 e. The summed E-state index contributed by atoms with van der Waals surface area (Å²) in [5.74, 6) is -2.57. The Hall–Kier alpha value is -2.14. The second-order valence-electron chi connectivity index (χ2n) is 7.79. The zero-order valence-corrected chi connectivity index (χ0v) is 19.3. The summed E-state index contributed by atoms with van der Waals surface area (Å²) in [6.45, 7) is 2.94. The van der Waals surface area contributed by atoms with Crippen LogP contribution in [-0.4, -0.2) is 68.2 Å². The average Bonchev–Trinajstić information content (AvgIpc) is 3.18. The normalized spacial score (nSPS) is 27.2. The Morgan fingerprint density at radius 1 is 1.16 bits per heavy atom. The van der Waals surface area contributed by atoms with E-state index in [-0.39, 0.29) is 11.9 Å². The van der Waals surface area contributed by atoms with Gasteiger partial charge in [0.1, 0.15) is 10.4 Å². The molecule has 1 unspecified atom stereocenters. The molecule has 1 aromatic rings. The minimum atomic E-state index is -1.38. The molecule has 3 N–H and O–H groups in total. The lowest BCUT2D eigenvalue weighted by Crippen LogP contribution is -2.57. The zero-order valence-electron chi connectivity index (χ0n) is 16.9. The Morgan fingerprint density at radius 2 is 1.84 bits per heavy atom. The van der Waals surface area contributed by atoms with Crippen molar-refractivity contribution in [1.29, 1.82) is 0 Å². The molecule has 2 bridgehead atoms. The second-order valence-corrected chi connectivity index (χ2v) is 10.8. The number of aliphatic carboxylic acids is 2. The standard InChI is InChI=1S/C21H22ClN3O5S2/c22-13-1-3-14(4-2-13)31-21-25(16(20(29)30)9-18(26)27)11-17(32-21)19(28)23-15-10-24-7-5-12(15)6-8-24/h1-4,9,11-12,15,21H,5-8,10H2,(H,23,28)(H,26,27)(H,29,30)/b16-9+/t15-,21?/m0/s1. The van der Waals surface area contributed by atoms with E-state index in [1.165, 1.54) is 34.6 Å². The molecular formula is C21H22ClN3O5S2. The van der Waals surface area contributed by atoms with Crippen molar-refractivity contribution < 1.29 is 24.6 Å². The number of carboxylic acid groups (broad SMARTS) is 2. The lowest BCUT2D eigenvalue weighted by Gasteiger charge is -2.44. The number of carboxylic acids is 2. The molecule has 0 aromatic heterocycles. The van der Waals surface area contributed by atoms with Crippen LogP contribution in [0.2, 0.25) is 5.02 Å². The highest BCUT2D eigenvalue weighted by atomic mass is 35.5. The van der Waals surface area contributed by atoms with Crippen LogP contribution in [0, 0.1) is 5.92 Å². The van der Waals surface area contributed by atoms with Crippen LogP contribution in [0.15, 0.2) is 52.0 Å². The van der Waals surface area contributed by atoms with Crippen molar-refractivity contribution in [3.63, 3.8) is 0 Å². The molecule has 0 spiro atoms. The fraction of sp³-hybridized carbons (Fsp3) is 0.381. The minimum Gasteiger partial charge on any atom is -0.478 e. The number of carbonyl (C=O) groups excluding carboxylic acids is 1. The van der Waals surface area contributed by atoms with Crippen molar-refractivity contribution in [2.75, 3.05) is 19.6 Å². The number of rotatable bonds is 7. The number of hydrogen-bond acceptors (Lipinski definition) is 7. The molecule has 0 saturated carbocycles. The quantitative estimate of drug-likeness (QED) is 0.492. The average molecular weight is 496 g/mol. The fourth-order valence-corrected chi connectivity index (χ4v) is 6.74. The summed E-state index contributed by atoms with van der Waals surface area (Å²) in [6.07, 6.45) is 4.19. The van der Waals surface area contributed by atoms with Crippen molar-refractivity contribution in [3.8, 4) is 0 Å². The minimum absolute atomic E-state index is 0.0661. The first-order chi connectivity index (χ1) is 15.3. The molecule has 1 aromatic carbocycles. The van der Waals surface area contributed by atoms with E-state index < -0.39 is 22.3 Å². The predicted molar refractivity (Wildman–Crippen MR) is 123 cm³/mol. The van der Waals surface area contributed by atoms with Gasteiger partial charge in [-0.3, -0.25) is 4.79 Å². The molecule has 0 aliphatic carbocycles. The number of halogens is 1. The highest BCUT2D eigenvalue weighted by Gasteiger charge is 2.38. The van der Waals surface area contributed by atoms with Crippen LogP contribution < -0.4 is 5.32 Å². The highest BCUT2D eigenvalue weighted by Crippen LogP contribution is 2.44. The summed E-state index contributed by atoms with van der Waals surface area (Å²) in [6, 6.07) is 7.08. The van der Waals surface area contributed by atoms with Gasteiger partial charge in [-0.1, -0.05) is 35.1 Å². The van der Waals surface area contributed by atoms with Crippen LogP contribution >= 0.6 is 35.1 Å². The van der Waals surface area contributed by atoms with Gasteiger partial charge in [0.05, 0.1) is 11.0 Å². The molecule has 11 heteroatoms. The largest absolute Gasteiger partial charge is 0.478 e. The maximum absolute atomic E-state index is 13.0. The van der Waals surface area contributed by atoms with Crippen molar-refractivity contribution >= 4 is 53.0 Å². The number of fused-ring (bicyclic) bond motifs is 3. The highest BCUT2D eigenvalue weighted by molar-refractivity contribution is 8.19. The number of piperidine rings is 3. The van der Waals surface area contributed by atoms with E-state index in [2.05, 4.69) is 10.2 Å². The predicted octanol–water partition coefficient (Wildman–Crippen LogP) is 2.87. The van der Waals surface area contributed by atoms with E-state index in [0.717, 1.165) is 37.4 Å². The van der Waals surface area contributed by atoms with Gasteiger partial charge in [-0.05, 0) is 56.1 Å². The first kappa shape index (κ1) is 23.0. The number of carbonyl (C=O) groups is 3. The fourth-order valence-electron chi connectivity index (χ4n) is 4.12. The molecule has 1 amide bonds. The zero-order chi connectivity index (χ0) is 22.8. The van der Waals surface area contributed by atoms with Crippen LogP contribution in [0.25, 0.3) is 0 Å². The Morgan fingerprint density at radius 3 is 2.41 bits per heavy atom. The van der Waals surface area contributed by atoms with Gasteiger partial charge in [-0.15, -0.1) is 0 Å². The third kappa shape index (κ3) is 5.25. The molecule has 0 radical (unpaired) electrons. The maximum atomic E-state index is 13.0. The van der Waals surface area contributed by atoms with Gasteiger partial charge in [0.2, 0.25) is 0 Å². The second kappa shape index (κ2) is 9.78. The molecule has 4 aliphatic heterocycles. The number of thioether (sulfide) groups is 2. The van der Waals surface area contributed by atoms with Gasteiger partial charge >= 0.3 is 11.9 Å². The van der Waals surface area contributed by atoms with Gasteiger partial charge < -0.3 is 25.3 Å². The molecule has 2 atom stereocenters. The number of nitrogens with zero attached hydrogens (tertiary/aromatic N) is 2. The van der Waals surface area contributed by atoms with Gasteiger partial charge in [0.25, 0.3) is 5.91 Å². The number of nitrogens with one attached hydrogen (secondary N) is 1. The van der Waals surface area contributed by atoms with Crippen molar-refractivity contribution in [2.45, 2.75) is 28.5 Å². The monoisotopic (exact) mass is 495 g/mol. The summed E-state index contributed by atoms with van der Waals surface area (Å²) in [7, 11) is 0. The van der Waals surface area contributed by atoms with E-state index in [1.54, 1.807) is 24.3 Å². The van der Waals surface area contributed by atoms with Gasteiger partial charge in [0, 0.05) is 28.7 Å². The van der Waals surface area contributed by atoms with E-state index in [9.17, 15) is 19.5 Å². The Kier molecular flexibility index (Phi) is 7.04. The first-order valence-electron chi connectivity index (χ1n) is 10.1. The summed E-state index contributed by atoms with van der Waals surface area (Å²) < 4.78 is -0.565. The third-order valence-electron chi connectivity index (χ3n) is 5.72. The van der Waals surface area contributed by atoms with Crippen LogP contribution in [0.5, 0.6) is 0 Å². The first-order valence-corrected chi connectivity index (χ1v) is 12.2. The van der Waals surface area contributed by atoms with E-state index in [1.807, 2.05) is 0 Å². The molecule has 4 heterocycles. The van der Waals surface area contributed by atoms with Gasteiger partial charge in [0.15, 0.2) is 0 Å². The van der Waals surface area contributed by atoms with E-state index in [4.69, 9.17) is 16.7 Å². The lowest BCUT2D eigenvalue weighted by atomic mass is 9.84. The Balaban J connectivity index is 1.55. The van der Waals surface area contributed by atoms with Crippen LogP contribution in [0.4, 0.5) is 0 Å². The number of amides is 1. The Labute approximate surface area is 198 Å². The van der Waals surface area contributed by atoms with Gasteiger partial charge in [-0.25, -0.2) is 9.59 Å². The van der Waals surface area contributed by atoms with E-state index in [0.29, 0.717) is 21.9 Å². The molecule has 4 aliphatic rings. The molecule has 3 fully saturated rings. The van der Waals surface area contributed by atoms with Gasteiger partial charge in [-0.2, -0.15) is 0 Å². The molecule has 32 heavy (non-hydrogen) atoms. The summed E-state index contributed by atoms with van der Waals surface area (Å²) in [5.41, 5.74) is -0.415. The molecule has 8 nitrogen and oxygen atoms in total. The summed E-state index contributed by atoms with van der Waals surface area (Å²) >= 11 is 8.46. The van der Waals surface area contributed by atoms with E-state index >= 15 is 0 Å². The molecule has 170 valence electrons.